The Bertz CT molecular complexity index is 413. The van der Waals surface area contributed by atoms with E-state index in [1.54, 1.807) is 12.1 Å². The number of benzene rings is 1. The van der Waals surface area contributed by atoms with Crippen molar-refractivity contribution in [3.05, 3.63) is 29.8 Å². The van der Waals surface area contributed by atoms with Gasteiger partial charge < -0.3 is 14.9 Å². The van der Waals surface area contributed by atoms with E-state index < -0.39 is 6.10 Å². The van der Waals surface area contributed by atoms with Crippen molar-refractivity contribution < 1.29 is 19.7 Å². The minimum Gasteiger partial charge on any atom is -0.508 e. The zero-order valence-electron chi connectivity index (χ0n) is 10.9. The fourth-order valence-corrected chi connectivity index (χ4v) is 2.36. The Morgan fingerprint density at radius 1 is 1.32 bits per heavy atom. The van der Waals surface area contributed by atoms with Gasteiger partial charge in [0.2, 0.25) is 0 Å². The second-order valence-electron chi connectivity index (χ2n) is 5.10. The number of carbonyl (C=O) groups is 1. The number of rotatable bonds is 5. The maximum atomic E-state index is 11.1. The van der Waals surface area contributed by atoms with Crippen LogP contribution in [0.3, 0.4) is 0 Å². The second kappa shape index (κ2) is 6.57. The zero-order chi connectivity index (χ0) is 13.7. The molecule has 1 aliphatic rings. The summed E-state index contributed by atoms with van der Waals surface area (Å²) in [6, 6.07) is 6.99. The highest BCUT2D eigenvalue weighted by atomic mass is 16.5. The topological polar surface area (TPSA) is 66.8 Å². The van der Waals surface area contributed by atoms with Crippen LogP contribution in [0, 0.1) is 0 Å². The third-order valence-corrected chi connectivity index (χ3v) is 3.44. The van der Waals surface area contributed by atoms with Gasteiger partial charge in [0.15, 0.2) is 0 Å². The van der Waals surface area contributed by atoms with Crippen LogP contribution in [-0.4, -0.2) is 28.4 Å². The standard InChI is InChI=1S/C15H20O4/c16-12-7-4-11(5-8-12)6-9-13(17)10-14-2-1-3-15(18)19-14/h4-5,7-8,13-14,16-17H,1-3,6,9-10H2/t13-,14+/m0/s1. The predicted octanol–water partition coefficient (Wildman–Crippen LogP) is 2.17. The highest BCUT2D eigenvalue weighted by Crippen LogP contribution is 2.20. The van der Waals surface area contributed by atoms with Gasteiger partial charge >= 0.3 is 5.97 Å². The number of phenolic OH excluding ortho intramolecular Hbond substituents is 1. The van der Waals surface area contributed by atoms with Gasteiger partial charge in [0.1, 0.15) is 11.9 Å². The lowest BCUT2D eigenvalue weighted by molar-refractivity contribution is -0.155. The van der Waals surface area contributed by atoms with Gasteiger partial charge in [-0.2, -0.15) is 0 Å². The Hall–Kier alpha value is -1.55. The molecular weight excluding hydrogens is 244 g/mol. The number of cyclic esters (lactones) is 1. The molecule has 0 unspecified atom stereocenters. The first-order valence-corrected chi connectivity index (χ1v) is 6.79. The third-order valence-electron chi connectivity index (χ3n) is 3.44. The van der Waals surface area contributed by atoms with Gasteiger partial charge in [0.25, 0.3) is 0 Å². The minimum absolute atomic E-state index is 0.129. The number of hydrogen-bond donors (Lipinski definition) is 2. The molecule has 2 atom stereocenters. The Kier molecular flexibility index (Phi) is 4.80. The van der Waals surface area contributed by atoms with Gasteiger partial charge in [-0.1, -0.05) is 12.1 Å². The number of ether oxygens (including phenoxy) is 1. The van der Waals surface area contributed by atoms with E-state index >= 15 is 0 Å². The number of carbonyl (C=O) groups excluding carboxylic acids is 1. The molecule has 4 heteroatoms. The van der Waals surface area contributed by atoms with Crippen molar-refractivity contribution in [2.75, 3.05) is 0 Å². The van der Waals surface area contributed by atoms with E-state index in [0.717, 1.165) is 24.8 Å². The normalized spacial score (nSPS) is 20.9. The monoisotopic (exact) mass is 264 g/mol. The Morgan fingerprint density at radius 2 is 2.05 bits per heavy atom. The molecular formula is C15H20O4. The molecule has 2 rings (SSSR count). The number of aliphatic hydroxyl groups excluding tert-OH is 1. The summed E-state index contributed by atoms with van der Waals surface area (Å²) < 4.78 is 5.19. The molecule has 1 aliphatic heterocycles. The SMILES string of the molecule is O=C1CCC[C@H](C[C@@H](O)CCc2ccc(O)cc2)O1. The van der Waals surface area contributed by atoms with E-state index in [2.05, 4.69) is 0 Å². The fourth-order valence-electron chi connectivity index (χ4n) is 2.36. The molecule has 19 heavy (non-hydrogen) atoms. The molecule has 1 heterocycles. The quantitative estimate of drug-likeness (QED) is 0.800. The summed E-state index contributed by atoms with van der Waals surface area (Å²) in [7, 11) is 0. The van der Waals surface area contributed by atoms with Gasteiger partial charge in [0, 0.05) is 12.8 Å². The molecule has 4 nitrogen and oxygen atoms in total. The van der Waals surface area contributed by atoms with Crippen LogP contribution in [0.4, 0.5) is 0 Å². The second-order valence-corrected chi connectivity index (χ2v) is 5.10. The predicted molar refractivity (Wildman–Crippen MR) is 70.8 cm³/mol. The minimum atomic E-state index is -0.454. The lowest BCUT2D eigenvalue weighted by Crippen LogP contribution is -2.27. The van der Waals surface area contributed by atoms with Crippen LogP contribution < -0.4 is 0 Å². The number of aryl methyl sites for hydroxylation is 1. The molecule has 1 saturated heterocycles. The van der Waals surface area contributed by atoms with Crippen molar-refractivity contribution in [2.45, 2.75) is 50.7 Å². The van der Waals surface area contributed by atoms with E-state index in [9.17, 15) is 15.0 Å². The fraction of sp³-hybridized carbons (Fsp3) is 0.533. The van der Waals surface area contributed by atoms with Gasteiger partial charge in [-0.15, -0.1) is 0 Å². The van der Waals surface area contributed by atoms with Crippen LogP contribution in [0.2, 0.25) is 0 Å². The van der Waals surface area contributed by atoms with Crippen LogP contribution in [0.5, 0.6) is 5.75 Å². The molecule has 0 spiro atoms. The molecule has 1 aromatic rings. The highest BCUT2D eigenvalue weighted by Gasteiger charge is 2.22. The summed E-state index contributed by atoms with van der Waals surface area (Å²) in [5, 5.41) is 19.1. The molecule has 0 aliphatic carbocycles. The first-order chi connectivity index (χ1) is 9.13. The molecule has 2 N–H and O–H groups in total. The maximum Gasteiger partial charge on any atom is 0.306 e. The molecule has 104 valence electrons. The van der Waals surface area contributed by atoms with Crippen LogP contribution in [0.1, 0.15) is 37.7 Å². The van der Waals surface area contributed by atoms with Gasteiger partial charge in [-0.25, -0.2) is 0 Å². The molecule has 1 fully saturated rings. The Labute approximate surface area is 113 Å². The summed E-state index contributed by atoms with van der Waals surface area (Å²) in [6.45, 7) is 0. The number of aliphatic hydroxyl groups is 1. The Balaban J connectivity index is 1.73. The highest BCUT2D eigenvalue weighted by molar-refractivity contribution is 5.70. The van der Waals surface area contributed by atoms with Crippen LogP contribution >= 0.6 is 0 Å². The van der Waals surface area contributed by atoms with Crippen LogP contribution in [0.25, 0.3) is 0 Å². The van der Waals surface area contributed by atoms with Crippen LogP contribution in [-0.2, 0) is 16.0 Å². The van der Waals surface area contributed by atoms with E-state index in [4.69, 9.17) is 4.74 Å². The van der Waals surface area contributed by atoms with Crippen molar-refractivity contribution in [3.8, 4) is 5.75 Å². The molecule has 1 aromatic carbocycles. The summed E-state index contributed by atoms with van der Waals surface area (Å²) >= 11 is 0. The largest absolute Gasteiger partial charge is 0.508 e. The number of aromatic hydroxyl groups is 1. The average molecular weight is 264 g/mol. The molecule has 0 saturated carbocycles. The van der Waals surface area contributed by atoms with Crippen molar-refractivity contribution in [2.24, 2.45) is 0 Å². The van der Waals surface area contributed by atoms with E-state index in [-0.39, 0.29) is 17.8 Å². The molecule has 0 aromatic heterocycles. The summed E-state index contributed by atoms with van der Waals surface area (Å²) in [5.74, 6) is 0.0976. The lowest BCUT2D eigenvalue weighted by Gasteiger charge is -2.24. The number of esters is 1. The summed E-state index contributed by atoms with van der Waals surface area (Å²) in [6.07, 6.45) is 3.53. The van der Waals surface area contributed by atoms with E-state index in [0.29, 0.717) is 19.3 Å². The first kappa shape index (κ1) is 13.9. The average Bonchev–Trinajstić information content (AvgIpc) is 2.38. The van der Waals surface area contributed by atoms with Crippen LogP contribution in [0.15, 0.2) is 24.3 Å². The van der Waals surface area contributed by atoms with Gasteiger partial charge in [-0.3, -0.25) is 4.79 Å². The maximum absolute atomic E-state index is 11.1. The van der Waals surface area contributed by atoms with Crippen molar-refractivity contribution in [3.63, 3.8) is 0 Å². The zero-order valence-corrected chi connectivity index (χ0v) is 10.9. The molecule has 0 amide bonds. The van der Waals surface area contributed by atoms with E-state index in [1.165, 1.54) is 0 Å². The van der Waals surface area contributed by atoms with Gasteiger partial charge in [-0.05, 0) is 43.4 Å². The molecule has 0 bridgehead atoms. The first-order valence-electron chi connectivity index (χ1n) is 6.79. The van der Waals surface area contributed by atoms with Crippen molar-refractivity contribution in [1.29, 1.82) is 0 Å². The van der Waals surface area contributed by atoms with E-state index in [1.807, 2.05) is 12.1 Å². The number of hydrogen-bond acceptors (Lipinski definition) is 4. The smallest absolute Gasteiger partial charge is 0.306 e. The van der Waals surface area contributed by atoms with Gasteiger partial charge in [0.05, 0.1) is 6.10 Å². The summed E-state index contributed by atoms with van der Waals surface area (Å²) in [5.41, 5.74) is 1.08. The lowest BCUT2D eigenvalue weighted by atomic mass is 9.99. The summed E-state index contributed by atoms with van der Waals surface area (Å²) in [4.78, 5) is 11.1. The number of phenols is 1. The Morgan fingerprint density at radius 3 is 2.74 bits per heavy atom. The third kappa shape index (κ3) is 4.56. The van der Waals surface area contributed by atoms with Crippen molar-refractivity contribution in [1.82, 2.24) is 0 Å². The molecule has 0 radical (unpaired) electrons. The van der Waals surface area contributed by atoms with Crippen molar-refractivity contribution >= 4 is 5.97 Å².